The highest BCUT2D eigenvalue weighted by Crippen LogP contribution is 2.13. The van der Waals surface area contributed by atoms with E-state index in [0.717, 1.165) is 0 Å². The molecule has 0 unspecified atom stereocenters. The third-order valence-electron chi connectivity index (χ3n) is 2.76. The molecule has 1 aromatic rings. The van der Waals surface area contributed by atoms with Crippen molar-refractivity contribution in [2.45, 2.75) is 20.3 Å². The van der Waals surface area contributed by atoms with Crippen LogP contribution in [-0.4, -0.2) is 47.5 Å². The molecule has 1 rings (SSSR count). The van der Waals surface area contributed by atoms with Gasteiger partial charge in [-0.2, -0.15) is 0 Å². The normalized spacial score (nSPS) is 10.1. The minimum absolute atomic E-state index is 0.0707. The summed E-state index contributed by atoms with van der Waals surface area (Å²) in [7, 11) is 1.40. The van der Waals surface area contributed by atoms with Crippen molar-refractivity contribution in [2.24, 2.45) is 0 Å². The number of nitrogens with one attached hydrogen (secondary N) is 2. The quantitative estimate of drug-likeness (QED) is 0.749. The van der Waals surface area contributed by atoms with Crippen LogP contribution in [0.4, 0.5) is 5.82 Å². The maximum Gasteiger partial charge on any atom is 0.295 e. The molecule has 0 aliphatic rings. The summed E-state index contributed by atoms with van der Waals surface area (Å²) in [6, 6.07) is 0. The van der Waals surface area contributed by atoms with E-state index in [1.165, 1.54) is 13.4 Å². The first-order chi connectivity index (χ1) is 9.13. The molecule has 0 aromatic carbocycles. The molecule has 1 amide bonds. The van der Waals surface area contributed by atoms with Crippen LogP contribution >= 0.6 is 0 Å². The summed E-state index contributed by atoms with van der Waals surface area (Å²) in [6.07, 6.45) is 1.64. The Balaban J connectivity index is 2.56. The summed E-state index contributed by atoms with van der Waals surface area (Å²) in [6.45, 7) is 5.68. The first-order valence-corrected chi connectivity index (χ1v) is 6.27. The van der Waals surface area contributed by atoms with Gasteiger partial charge in [-0.1, -0.05) is 0 Å². The largest absolute Gasteiger partial charge is 0.489 e. The number of carbonyl (C=O) groups excluding carboxylic acids is 1. The van der Waals surface area contributed by atoms with Crippen LogP contribution in [0.15, 0.2) is 11.1 Å². The number of aromatic nitrogens is 2. The second kappa shape index (κ2) is 7.40. The number of hydrogen-bond acceptors (Lipinski definition) is 5. The number of hydrogen-bond donors (Lipinski definition) is 2. The third kappa shape index (κ3) is 3.97. The van der Waals surface area contributed by atoms with E-state index in [-0.39, 0.29) is 17.2 Å². The Morgan fingerprint density at radius 3 is 2.74 bits per heavy atom. The topological polar surface area (TPSA) is 87.3 Å². The predicted octanol–water partition coefficient (Wildman–Crippen LogP) is 0.449. The molecule has 0 spiro atoms. The summed E-state index contributed by atoms with van der Waals surface area (Å²) >= 11 is 0. The van der Waals surface area contributed by atoms with Gasteiger partial charge in [0.1, 0.15) is 0 Å². The summed E-state index contributed by atoms with van der Waals surface area (Å²) in [4.78, 5) is 31.4. The Bertz CT molecular complexity index is 468. The lowest BCUT2D eigenvalue weighted by Gasteiger charge is -2.18. The molecule has 2 N–H and O–H groups in total. The van der Waals surface area contributed by atoms with Crippen LogP contribution < -0.4 is 15.6 Å². The van der Waals surface area contributed by atoms with Crippen LogP contribution in [0.25, 0.3) is 0 Å². The first-order valence-electron chi connectivity index (χ1n) is 6.27. The van der Waals surface area contributed by atoms with Crippen LogP contribution in [0.5, 0.6) is 5.75 Å². The van der Waals surface area contributed by atoms with E-state index >= 15 is 0 Å². The van der Waals surface area contributed by atoms with Crippen molar-refractivity contribution in [1.29, 1.82) is 0 Å². The lowest BCUT2D eigenvalue weighted by atomic mass is 10.3. The second-order valence-corrected chi connectivity index (χ2v) is 3.86. The maximum atomic E-state index is 11.8. The van der Waals surface area contributed by atoms with E-state index < -0.39 is 0 Å². The van der Waals surface area contributed by atoms with Crippen LogP contribution in [0.1, 0.15) is 20.3 Å². The van der Waals surface area contributed by atoms with Crippen LogP contribution in [0.3, 0.4) is 0 Å². The van der Waals surface area contributed by atoms with Crippen LogP contribution in [0.2, 0.25) is 0 Å². The smallest absolute Gasteiger partial charge is 0.295 e. The van der Waals surface area contributed by atoms with Crippen molar-refractivity contribution in [1.82, 2.24) is 14.9 Å². The Labute approximate surface area is 112 Å². The fourth-order valence-electron chi connectivity index (χ4n) is 1.72. The number of ether oxygens (including phenoxy) is 1. The summed E-state index contributed by atoms with van der Waals surface area (Å²) in [5.41, 5.74) is -0.352. The van der Waals surface area contributed by atoms with Crippen molar-refractivity contribution in [3.63, 3.8) is 0 Å². The molecule has 0 atom stereocenters. The third-order valence-corrected chi connectivity index (χ3v) is 2.76. The summed E-state index contributed by atoms with van der Waals surface area (Å²) in [5, 5.41) is 2.94. The van der Waals surface area contributed by atoms with Gasteiger partial charge in [-0.15, -0.1) is 0 Å². The molecule has 7 nitrogen and oxygen atoms in total. The van der Waals surface area contributed by atoms with Gasteiger partial charge in [-0.25, -0.2) is 4.98 Å². The predicted molar refractivity (Wildman–Crippen MR) is 72.4 cm³/mol. The Kier molecular flexibility index (Phi) is 5.84. The number of nitrogens with zero attached hydrogens (tertiary/aromatic N) is 2. The maximum absolute atomic E-state index is 11.8. The number of carbonyl (C=O) groups is 1. The van der Waals surface area contributed by atoms with Crippen molar-refractivity contribution in [2.75, 3.05) is 32.1 Å². The Morgan fingerprint density at radius 1 is 1.47 bits per heavy atom. The van der Waals surface area contributed by atoms with Gasteiger partial charge >= 0.3 is 0 Å². The molecule has 106 valence electrons. The van der Waals surface area contributed by atoms with E-state index in [4.69, 9.17) is 4.74 Å². The molecule has 1 heterocycles. The number of amides is 1. The van der Waals surface area contributed by atoms with Crippen molar-refractivity contribution in [3.8, 4) is 5.75 Å². The molecule has 7 heteroatoms. The molecule has 0 fully saturated rings. The molecule has 0 bridgehead atoms. The standard InChI is InChI=1S/C12H20N4O3/c1-4-16(5-2)9(17)6-7-13-11-10(19-3)12(18)15-8-14-11/h8H,4-7H2,1-3H3,(H2,13,14,15,18). The van der Waals surface area contributed by atoms with Gasteiger partial charge in [-0.3, -0.25) is 9.59 Å². The number of anilines is 1. The molecule has 1 aromatic heterocycles. The molecule has 19 heavy (non-hydrogen) atoms. The molecule has 0 saturated heterocycles. The van der Waals surface area contributed by atoms with Crippen LogP contribution in [-0.2, 0) is 4.79 Å². The van der Waals surface area contributed by atoms with Gasteiger partial charge in [0.25, 0.3) is 5.56 Å². The highest BCUT2D eigenvalue weighted by molar-refractivity contribution is 5.76. The number of H-pyrrole nitrogens is 1. The molecule has 0 aliphatic carbocycles. The van der Waals surface area contributed by atoms with E-state index in [2.05, 4.69) is 15.3 Å². The highest BCUT2D eigenvalue weighted by atomic mass is 16.5. The average Bonchev–Trinajstić information content (AvgIpc) is 2.40. The molecule has 0 saturated carbocycles. The molecule has 0 radical (unpaired) electrons. The number of rotatable bonds is 7. The lowest BCUT2D eigenvalue weighted by molar-refractivity contribution is -0.130. The van der Waals surface area contributed by atoms with E-state index in [0.29, 0.717) is 31.9 Å². The van der Waals surface area contributed by atoms with Gasteiger partial charge in [-0.05, 0) is 13.8 Å². The van der Waals surface area contributed by atoms with E-state index in [1.807, 2.05) is 13.8 Å². The fraction of sp³-hybridized carbons (Fsp3) is 0.583. The molecular weight excluding hydrogens is 248 g/mol. The SMILES string of the molecule is CCN(CC)C(=O)CCNc1nc[nH]c(=O)c1OC. The zero-order valence-electron chi connectivity index (χ0n) is 11.5. The van der Waals surface area contributed by atoms with Crippen LogP contribution in [0, 0.1) is 0 Å². The minimum Gasteiger partial charge on any atom is -0.489 e. The zero-order chi connectivity index (χ0) is 14.3. The average molecular weight is 268 g/mol. The Morgan fingerprint density at radius 2 is 2.16 bits per heavy atom. The summed E-state index contributed by atoms with van der Waals surface area (Å²) < 4.78 is 4.96. The molecular formula is C12H20N4O3. The number of methoxy groups -OCH3 is 1. The second-order valence-electron chi connectivity index (χ2n) is 3.86. The van der Waals surface area contributed by atoms with Gasteiger partial charge in [0.2, 0.25) is 11.7 Å². The van der Waals surface area contributed by atoms with Crippen molar-refractivity contribution >= 4 is 11.7 Å². The lowest BCUT2D eigenvalue weighted by Crippen LogP contribution is -2.31. The number of aromatic amines is 1. The van der Waals surface area contributed by atoms with Gasteiger partial charge in [0, 0.05) is 26.1 Å². The van der Waals surface area contributed by atoms with Gasteiger partial charge < -0.3 is 19.9 Å². The summed E-state index contributed by atoms with van der Waals surface area (Å²) in [5.74, 6) is 0.540. The Hall–Kier alpha value is -2.05. The van der Waals surface area contributed by atoms with E-state index in [1.54, 1.807) is 4.90 Å². The van der Waals surface area contributed by atoms with Crippen molar-refractivity contribution in [3.05, 3.63) is 16.7 Å². The zero-order valence-corrected chi connectivity index (χ0v) is 11.5. The minimum atomic E-state index is -0.352. The van der Waals surface area contributed by atoms with Gasteiger partial charge in [0.15, 0.2) is 5.82 Å². The van der Waals surface area contributed by atoms with Gasteiger partial charge in [0.05, 0.1) is 13.4 Å². The van der Waals surface area contributed by atoms with Crippen molar-refractivity contribution < 1.29 is 9.53 Å². The first kappa shape index (κ1) is 15.0. The van der Waals surface area contributed by atoms with E-state index in [9.17, 15) is 9.59 Å². The highest BCUT2D eigenvalue weighted by Gasteiger charge is 2.11. The monoisotopic (exact) mass is 268 g/mol. The molecule has 0 aliphatic heterocycles. The fourth-order valence-corrected chi connectivity index (χ4v) is 1.72.